The van der Waals surface area contributed by atoms with Gasteiger partial charge in [0.15, 0.2) is 6.10 Å². The lowest BCUT2D eigenvalue weighted by Gasteiger charge is -2.18. The number of benzene rings is 1. The number of halogens is 1. The Labute approximate surface area is 131 Å². The van der Waals surface area contributed by atoms with Gasteiger partial charge in [-0.1, -0.05) is 31.4 Å². The molecule has 0 fully saturated rings. The van der Waals surface area contributed by atoms with Gasteiger partial charge in [0.25, 0.3) is 5.91 Å². The van der Waals surface area contributed by atoms with E-state index in [2.05, 4.69) is 30.4 Å². The van der Waals surface area contributed by atoms with Crippen molar-refractivity contribution in [1.29, 1.82) is 0 Å². The predicted molar refractivity (Wildman–Crippen MR) is 85.4 cm³/mol. The third-order valence-electron chi connectivity index (χ3n) is 2.76. The summed E-state index contributed by atoms with van der Waals surface area (Å²) >= 11 is 6.01. The maximum absolute atomic E-state index is 11.8. The molecule has 4 nitrogen and oxygen atoms in total. The van der Waals surface area contributed by atoms with Crippen LogP contribution in [0.1, 0.15) is 26.3 Å². The molecule has 0 aromatic heterocycles. The second-order valence-corrected chi connectivity index (χ2v) is 5.41. The summed E-state index contributed by atoms with van der Waals surface area (Å²) in [7, 11) is 0. The van der Waals surface area contributed by atoms with Crippen LogP contribution in [0.4, 0.5) is 0 Å². The lowest BCUT2D eigenvalue weighted by atomic mass is 10.2. The number of ether oxygens (including phenoxy) is 1. The number of carbonyl (C=O) groups excluding carboxylic acids is 1. The molecular weight excluding hydrogens is 288 g/mol. The second-order valence-electron chi connectivity index (χ2n) is 4.97. The average Bonchev–Trinajstić information content (AvgIpc) is 2.44. The highest BCUT2D eigenvalue weighted by Crippen LogP contribution is 2.24. The molecule has 0 radical (unpaired) electrons. The molecule has 1 atom stereocenters. The van der Waals surface area contributed by atoms with E-state index in [1.165, 1.54) is 0 Å². The summed E-state index contributed by atoms with van der Waals surface area (Å²) < 4.78 is 5.71. The van der Waals surface area contributed by atoms with Gasteiger partial charge < -0.3 is 15.4 Å². The highest BCUT2D eigenvalue weighted by atomic mass is 35.5. The molecule has 1 amide bonds. The molecule has 114 valence electrons. The molecule has 5 heteroatoms. The number of hydrogen-bond acceptors (Lipinski definition) is 3. The summed E-state index contributed by atoms with van der Waals surface area (Å²) in [6.45, 7) is 6.60. The van der Waals surface area contributed by atoms with Gasteiger partial charge in [0.1, 0.15) is 5.75 Å². The van der Waals surface area contributed by atoms with Crippen LogP contribution in [-0.2, 0) is 11.3 Å². The van der Waals surface area contributed by atoms with Gasteiger partial charge >= 0.3 is 0 Å². The normalized spacial score (nSPS) is 11.8. The molecular formula is C16H21ClN2O2. The molecule has 1 unspecified atom stereocenters. The summed E-state index contributed by atoms with van der Waals surface area (Å²) in [5, 5.41) is 6.52. The van der Waals surface area contributed by atoms with Crippen LogP contribution in [0.3, 0.4) is 0 Å². The van der Waals surface area contributed by atoms with Crippen LogP contribution in [0.15, 0.2) is 18.2 Å². The SMILES string of the molecule is C#CCNC(=O)C(C)Oc1ccc(Cl)cc1CNC(C)C. The Morgan fingerprint density at radius 2 is 2.14 bits per heavy atom. The fraction of sp³-hybridized carbons (Fsp3) is 0.438. The molecule has 21 heavy (non-hydrogen) atoms. The Balaban J connectivity index is 2.77. The fourth-order valence-electron chi connectivity index (χ4n) is 1.64. The first kappa shape index (κ1) is 17.4. The van der Waals surface area contributed by atoms with E-state index < -0.39 is 6.10 Å². The van der Waals surface area contributed by atoms with E-state index in [0.29, 0.717) is 23.4 Å². The number of hydrogen-bond donors (Lipinski definition) is 2. The molecule has 2 N–H and O–H groups in total. The standard InChI is InChI=1S/C16H21ClN2O2/c1-5-8-18-16(20)12(4)21-15-7-6-14(17)9-13(15)10-19-11(2)3/h1,6-7,9,11-12,19H,8,10H2,2-4H3,(H,18,20). The van der Waals surface area contributed by atoms with E-state index >= 15 is 0 Å². The minimum absolute atomic E-state index is 0.189. The highest BCUT2D eigenvalue weighted by Gasteiger charge is 2.16. The zero-order valence-corrected chi connectivity index (χ0v) is 13.3. The van der Waals surface area contributed by atoms with Crippen LogP contribution in [0, 0.1) is 12.3 Å². The lowest BCUT2D eigenvalue weighted by Crippen LogP contribution is -2.36. The van der Waals surface area contributed by atoms with Gasteiger partial charge in [-0.3, -0.25) is 4.79 Å². The van der Waals surface area contributed by atoms with E-state index in [1.54, 1.807) is 19.1 Å². The number of nitrogens with one attached hydrogen (secondary N) is 2. The monoisotopic (exact) mass is 308 g/mol. The first-order valence-corrected chi connectivity index (χ1v) is 7.21. The molecule has 0 heterocycles. The third-order valence-corrected chi connectivity index (χ3v) is 3.00. The quantitative estimate of drug-likeness (QED) is 0.760. The number of terminal acetylenes is 1. The van der Waals surface area contributed by atoms with E-state index in [-0.39, 0.29) is 12.5 Å². The van der Waals surface area contributed by atoms with E-state index in [1.807, 2.05) is 6.07 Å². The molecule has 1 aromatic carbocycles. The smallest absolute Gasteiger partial charge is 0.261 e. The Kier molecular flexibility index (Phi) is 7.07. The van der Waals surface area contributed by atoms with Crippen molar-refractivity contribution in [2.75, 3.05) is 6.54 Å². The molecule has 0 aliphatic rings. The third kappa shape index (κ3) is 6.07. The van der Waals surface area contributed by atoms with Crippen molar-refractivity contribution in [3.8, 4) is 18.1 Å². The minimum atomic E-state index is -0.627. The summed E-state index contributed by atoms with van der Waals surface area (Å²) in [5.74, 6) is 2.74. The van der Waals surface area contributed by atoms with Crippen molar-refractivity contribution in [2.45, 2.75) is 39.5 Å². The summed E-state index contributed by atoms with van der Waals surface area (Å²) in [5.41, 5.74) is 0.910. The van der Waals surface area contributed by atoms with Crippen LogP contribution in [0.25, 0.3) is 0 Å². The van der Waals surface area contributed by atoms with Gasteiger partial charge in [0.2, 0.25) is 0 Å². The van der Waals surface area contributed by atoms with Crippen molar-refractivity contribution >= 4 is 17.5 Å². The Hall–Kier alpha value is -1.70. The predicted octanol–water partition coefficient (Wildman–Crippen LogP) is 2.35. The summed E-state index contributed by atoms with van der Waals surface area (Å²) in [6, 6.07) is 5.68. The Bertz CT molecular complexity index is 523. The van der Waals surface area contributed by atoms with E-state index in [0.717, 1.165) is 5.56 Å². The van der Waals surface area contributed by atoms with Crippen LogP contribution in [0.5, 0.6) is 5.75 Å². The molecule has 0 bridgehead atoms. The minimum Gasteiger partial charge on any atom is -0.481 e. The van der Waals surface area contributed by atoms with Gasteiger partial charge in [-0.2, -0.15) is 0 Å². The summed E-state index contributed by atoms with van der Waals surface area (Å²) in [4.78, 5) is 11.8. The molecule has 1 aromatic rings. The van der Waals surface area contributed by atoms with Gasteiger partial charge in [-0.15, -0.1) is 6.42 Å². The van der Waals surface area contributed by atoms with Crippen molar-refractivity contribution in [3.63, 3.8) is 0 Å². The second kappa shape index (κ2) is 8.56. The van der Waals surface area contributed by atoms with Crippen molar-refractivity contribution in [3.05, 3.63) is 28.8 Å². The topological polar surface area (TPSA) is 50.4 Å². The van der Waals surface area contributed by atoms with E-state index in [9.17, 15) is 4.79 Å². The molecule has 0 aliphatic carbocycles. The number of amides is 1. The maximum atomic E-state index is 11.8. The van der Waals surface area contributed by atoms with Crippen LogP contribution < -0.4 is 15.4 Å². The largest absolute Gasteiger partial charge is 0.481 e. The van der Waals surface area contributed by atoms with Crippen molar-refractivity contribution < 1.29 is 9.53 Å². The van der Waals surface area contributed by atoms with Gasteiger partial charge in [-0.25, -0.2) is 0 Å². The zero-order chi connectivity index (χ0) is 15.8. The van der Waals surface area contributed by atoms with Crippen LogP contribution in [0.2, 0.25) is 5.02 Å². The maximum Gasteiger partial charge on any atom is 0.261 e. The fourth-order valence-corrected chi connectivity index (χ4v) is 1.84. The molecule has 0 saturated carbocycles. The van der Waals surface area contributed by atoms with Crippen LogP contribution >= 0.6 is 11.6 Å². The first-order valence-electron chi connectivity index (χ1n) is 6.83. The molecule has 0 spiro atoms. The van der Waals surface area contributed by atoms with E-state index in [4.69, 9.17) is 22.8 Å². The van der Waals surface area contributed by atoms with Gasteiger partial charge in [0, 0.05) is 23.2 Å². The Morgan fingerprint density at radius 3 is 2.76 bits per heavy atom. The Morgan fingerprint density at radius 1 is 1.43 bits per heavy atom. The first-order chi connectivity index (χ1) is 9.93. The molecule has 0 saturated heterocycles. The van der Waals surface area contributed by atoms with Crippen molar-refractivity contribution in [1.82, 2.24) is 10.6 Å². The molecule has 0 aliphatic heterocycles. The highest BCUT2D eigenvalue weighted by molar-refractivity contribution is 6.30. The number of carbonyl (C=O) groups is 1. The number of rotatable bonds is 7. The van der Waals surface area contributed by atoms with Crippen molar-refractivity contribution in [2.24, 2.45) is 0 Å². The zero-order valence-electron chi connectivity index (χ0n) is 12.6. The van der Waals surface area contributed by atoms with Crippen LogP contribution in [-0.4, -0.2) is 24.6 Å². The lowest BCUT2D eigenvalue weighted by molar-refractivity contribution is -0.127. The molecule has 1 rings (SSSR count). The average molecular weight is 309 g/mol. The van der Waals surface area contributed by atoms with Gasteiger partial charge in [0.05, 0.1) is 6.54 Å². The summed E-state index contributed by atoms with van der Waals surface area (Å²) in [6.07, 6.45) is 4.48. The van der Waals surface area contributed by atoms with Gasteiger partial charge in [-0.05, 0) is 25.1 Å².